The van der Waals surface area contributed by atoms with Gasteiger partial charge < -0.3 is 15.6 Å². The van der Waals surface area contributed by atoms with E-state index in [2.05, 4.69) is 15.3 Å². The number of nitrogens with two attached hydrogens (primary N) is 1. The number of nitrogen functional groups attached to an aromatic ring is 1. The van der Waals surface area contributed by atoms with Crippen LogP contribution in [0.15, 0.2) is 30.5 Å². The molecule has 7 nitrogen and oxygen atoms in total. The molecule has 0 saturated heterocycles. The number of phenols is 1. The molecule has 0 bridgehead atoms. The Bertz CT molecular complexity index is 753. The third-order valence-electron chi connectivity index (χ3n) is 2.81. The fourth-order valence-electron chi connectivity index (χ4n) is 1.89. The van der Waals surface area contributed by atoms with Gasteiger partial charge in [0.05, 0.1) is 18.8 Å². The van der Waals surface area contributed by atoms with Crippen molar-refractivity contribution in [3.63, 3.8) is 0 Å². The Balaban J connectivity index is 2.25. The van der Waals surface area contributed by atoms with Crippen molar-refractivity contribution in [3.05, 3.63) is 30.5 Å². The minimum Gasteiger partial charge on any atom is -0.507 e. The first-order valence-corrected chi connectivity index (χ1v) is 5.54. The van der Waals surface area contributed by atoms with Crippen LogP contribution in [-0.2, 0) is 0 Å². The Kier molecular flexibility index (Phi) is 2.45. The number of aromatic hydroxyl groups is 1. The largest absolute Gasteiger partial charge is 0.507 e. The zero-order valence-corrected chi connectivity index (χ0v) is 10.1. The van der Waals surface area contributed by atoms with Crippen LogP contribution in [0.25, 0.3) is 16.8 Å². The van der Waals surface area contributed by atoms with Gasteiger partial charge in [0.2, 0.25) is 5.95 Å². The SMILES string of the molecule is COc1ccc(-c2nnc(N)n3nccc23)c(O)c1. The first-order valence-electron chi connectivity index (χ1n) is 5.54. The van der Waals surface area contributed by atoms with Gasteiger partial charge in [-0.3, -0.25) is 0 Å². The van der Waals surface area contributed by atoms with Crippen LogP contribution >= 0.6 is 0 Å². The number of rotatable bonds is 2. The minimum atomic E-state index is 0.0570. The topological polar surface area (TPSA) is 98.6 Å². The normalized spacial score (nSPS) is 10.8. The number of benzene rings is 1. The van der Waals surface area contributed by atoms with Crippen molar-refractivity contribution in [2.45, 2.75) is 0 Å². The van der Waals surface area contributed by atoms with Crippen LogP contribution in [0.5, 0.6) is 11.5 Å². The Labute approximate surface area is 108 Å². The molecule has 19 heavy (non-hydrogen) atoms. The molecule has 96 valence electrons. The van der Waals surface area contributed by atoms with Crippen molar-refractivity contribution in [2.24, 2.45) is 0 Å². The number of hydrogen-bond donors (Lipinski definition) is 2. The van der Waals surface area contributed by atoms with Gasteiger partial charge in [0, 0.05) is 11.6 Å². The van der Waals surface area contributed by atoms with Gasteiger partial charge in [-0.15, -0.1) is 10.2 Å². The molecule has 0 aliphatic carbocycles. The van der Waals surface area contributed by atoms with Crippen LogP contribution in [0.4, 0.5) is 5.95 Å². The van der Waals surface area contributed by atoms with E-state index in [0.29, 0.717) is 22.5 Å². The fourth-order valence-corrected chi connectivity index (χ4v) is 1.89. The zero-order chi connectivity index (χ0) is 13.4. The average molecular weight is 257 g/mol. The first kappa shape index (κ1) is 11.3. The molecule has 0 spiro atoms. The predicted molar refractivity (Wildman–Crippen MR) is 68.8 cm³/mol. The second-order valence-electron chi connectivity index (χ2n) is 3.92. The highest BCUT2D eigenvalue weighted by molar-refractivity contribution is 5.80. The maximum Gasteiger partial charge on any atom is 0.241 e. The lowest BCUT2D eigenvalue weighted by Gasteiger charge is -2.07. The molecule has 3 aromatic rings. The number of ether oxygens (including phenoxy) is 1. The van der Waals surface area contributed by atoms with Crippen molar-refractivity contribution in [3.8, 4) is 22.8 Å². The van der Waals surface area contributed by atoms with Crippen molar-refractivity contribution in [1.29, 1.82) is 0 Å². The van der Waals surface area contributed by atoms with Crippen LogP contribution < -0.4 is 10.5 Å². The number of anilines is 1. The molecule has 0 aliphatic rings. The van der Waals surface area contributed by atoms with Crippen LogP contribution in [0.1, 0.15) is 0 Å². The summed E-state index contributed by atoms with van der Waals surface area (Å²) in [5.74, 6) is 0.812. The van der Waals surface area contributed by atoms with Crippen molar-refractivity contribution < 1.29 is 9.84 Å². The maximum absolute atomic E-state index is 10.0. The molecule has 0 aliphatic heterocycles. The van der Waals surface area contributed by atoms with E-state index < -0.39 is 0 Å². The minimum absolute atomic E-state index is 0.0570. The lowest BCUT2D eigenvalue weighted by atomic mass is 10.1. The van der Waals surface area contributed by atoms with E-state index in [4.69, 9.17) is 10.5 Å². The summed E-state index contributed by atoms with van der Waals surface area (Å²) < 4.78 is 6.51. The van der Waals surface area contributed by atoms with Gasteiger partial charge in [-0.25, -0.2) is 0 Å². The van der Waals surface area contributed by atoms with E-state index in [1.165, 1.54) is 17.7 Å². The second kappa shape index (κ2) is 4.13. The highest BCUT2D eigenvalue weighted by Crippen LogP contribution is 2.33. The Hall–Kier alpha value is -2.83. The molecule has 2 aromatic heterocycles. The summed E-state index contributed by atoms with van der Waals surface area (Å²) >= 11 is 0. The summed E-state index contributed by atoms with van der Waals surface area (Å²) in [6.07, 6.45) is 1.60. The summed E-state index contributed by atoms with van der Waals surface area (Å²) in [7, 11) is 1.53. The van der Waals surface area contributed by atoms with E-state index in [0.717, 1.165) is 0 Å². The summed E-state index contributed by atoms with van der Waals surface area (Å²) in [6, 6.07) is 6.71. The second-order valence-corrected chi connectivity index (χ2v) is 3.92. The van der Waals surface area contributed by atoms with Crippen molar-refractivity contribution in [2.75, 3.05) is 12.8 Å². The van der Waals surface area contributed by atoms with Gasteiger partial charge in [0.25, 0.3) is 0 Å². The highest BCUT2D eigenvalue weighted by Gasteiger charge is 2.14. The van der Waals surface area contributed by atoms with Gasteiger partial charge in [-0.1, -0.05) is 0 Å². The molecule has 2 heterocycles. The van der Waals surface area contributed by atoms with Gasteiger partial charge in [-0.2, -0.15) is 9.61 Å². The number of phenolic OH excluding ortho intramolecular Hbond substituents is 1. The number of methoxy groups -OCH3 is 1. The van der Waals surface area contributed by atoms with Crippen LogP contribution in [0.3, 0.4) is 0 Å². The van der Waals surface area contributed by atoms with E-state index in [1.54, 1.807) is 24.4 Å². The molecule has 0 unspecified atom stereocenters. The molecule has 0 amide bonds. The standard InChI is InChI=1S/C12H11N5O2/c1-19-7-2-3-8(10(18)6-7)11-9-4-5-14-17(9)12(13)16-15-11/h2-6,18H,1H3,(H2,13,16). The van der Waals surface area contributed by atoms with E-state index >= 15 is 0 Å². The lowest BCUT2D eigenvalue weighted by molar-refractivity contribution is 0.408. The highest BCUT2D eigenvalue weighted by atomic mass is 16.5. The monoisotopic (exact) mass is 257 g/mol. The number of nitrogens with zero attached hydrogens (tertiary/aromatic N) is 4. The van der Waals surface area contributed by atoms with E-state index in [1.807, 2.05) is 0 Å². The Morgan fingerprint density at radius 1 is 1.26 bits per heavy atom. The third-order valence-corrected chi connectivity index (χ3v) is 2.81. The van der Waals surface area contributed by atoms with Gasteiger partial charge in [-0.05, 0) is 18.2 Å². The molecule has 1 aromatic carbocycles. The van der Waals surface area contributed by atoms with E-state index in [-0.39, 0.29) is 11.7 Å². The summed E-state index contributed by atoms with van der Waals surface area (Å²) in [4.78, 5) is 0. The predicted octanol–water partition coefficient (Wildman–Crippen LogP) is 1.09. The molecule has 0 atom stereocenters. The maximum atomic E-state index is 10.0. The molecule has 0 fully saturated rings. The molecular weight excluding hydrogens is 246 g/mol. The molecule has 0 radical (unpaired) electrons. The first-order chi connectivity index (χ1) is 9.20. The smallest absolute Gasteiger partial charge is 0.241 e. The Morgan fingerprint density at radius 3 is 2.84 bits per heavy atom. The number of hydrogen-bond acceptors (Lipinski definition) is 6. The van der Waals surface area contributed by atoms with Gasteiger partial charge >= 0.3 is 0 Å². The van der Waals surface area contributed by atoms with Crippen molar-refractivity contribution in [1.82, 2.24) is 19.8 Å². The quantitative estimate of drug-likeness (QED) is 0.713. The van der Waals surface area contributed by atoms with Crippen molar-refractivity contribution >= 4 is 11.5 Å². The lowest BCUT2D eigenvalue weighted by Crippen LogP contribution is -2.05. The summed E-state index contributed by atoms with van der Waals surface area (Å²) in [6.45, 7) is 0. The van der Waals surface area contributed by atoms with Gasteiger partial charge in [0.15, 0.2) is 0 Å². The fraction of sp³-hybridized carbons (Fsp3) is 0.0833. The van der Waals surface area contributed by atoms with Crippen LogP contribution in [0, 0.1) is 0 Å². The van der Waals surface area contributed by atoms with Gasteiger partial charge in [0.1, 0.15) is 17.2 Å². The molecule has 7 heteroatoms. The Morgan fingerprint density at radius 2 is 2.11 bits per heavy atom. The molecular formula is C12H11N5O2. The summed E-state index contributed by atoms with van der Waals surface area (Å²) in [5.41, 5.74) is 7.40. The average Bonchev–Trinajstić information content (AvgIpc) is 2.90. The van der Waals surface area contributed by atoms with E-state index in [9.17, 15) is 5.11 Å². The third kappa shape index (κ3) is 1.71. The number of fused-ring (bicyclic) bond motifs is 1. The summed E-state index contributed by atoms with van der Waals surface area (Å²) in [5, 5.41) is 21.9. The van der Waals surface area contributed by atoms with Crippen LogP contribution in [0.2, 0.25) is 0 Å². The molecule has 0 saturated carbocycles. The number of aromatic nitrogens is 4. The zero-order valence-electron chi connectivity index (χ0n) is 10.1. The molecule has 3 rings (SSSR count). The molecule has 3 N–H and O–H groups in total. The van der Waals surface area contributed by atoms with Crippen LogP contribution in [-0.4, -0.2) is 32.0 Å².